The van der Waals surface area contributed by atoms with Crippen molar-refractivity contribution in [2.75, 3.05) is 0 Å². The Bertz CT molecular complexity index is 3090. The Morgan fingerprint density at radius 2 is 0.780 bits per heavy atom. The van der Waals surface area contributed by atoms with Crippen molar-refractivity contribution in [3.05, 3.63) is 192 Å². The number of benzene rings is 5. The van der Waals surface area contributed by atoms with Gasteiger partial charge in [-0.15, -0.1) is 0 Å². The Labute approximate surface area is 341 Å². The van der Waals surface area contributed by atoms with Gasteiger partial charge in [-0.3, -0.25) is 0 Å². The van der Waals surface area contributed by atoms with Crippen molar-refractivity contribution in [1.82, 2.24) is 19.9 Å². The summed E-state index contributed by atoms with van der Waals surface area (Å²) >= 11 is 0. The van der Waals surface area contributed by atoms with E-state index in [0.717, 1.165) is 94.9 Å². The molecule has 0 atom stereocenters. The van der Waals surface area contributed by atoms with Crippen LogP contribution < -0.4 is 4.18 Å². The third-order valence-electron chi connectivity index (χ3n) is 10.6. The Morgan fingerprint density at radius 1 is 0.407 bits per heavy atom. The molecule has 5 aromatic carbocycles. The predicted molar refractivity (Wildman–Crippen MR) is 240 cm³/mol. The molecule has 0 spiro atoms. The second kappa shape index (κ2) is 14.8. The molecule has 10 rings (SSSR count). The average molecular weight is 785 g/mol. The Balaban J connectivity index is 1.26. The second-order valence-electron chi connectivity index (χ2n) is 14.5. The largest absolute Gasteiger partial charge is 0.379 e. The fourth-order valence-electron chi connectivity index (χ4n) is 7.79. The van der Waals surface area contributed by atoms with Crippen LogP contribution in [0.3, 0.4) is 0 Å². The molecular formula is C51H36N4O3S. The molecule has 0 unspecified atom stereocenters. The molecule has 5 heterocycles. The summed E-state index contributed by atoms with van der Waals surface area (Å²) in [5.41, 5.74) is 15.4. The molecule has 7 nitrogen and oxygen atoms in total. The highest BCUT2D eigenvalue weighted by molar-refractivity contribution is 7.87. The van der Waals surface area contributed by atoms with E-state index in [0.29, 0.717) is 0 Å². The third-order valence-corrected chi connectivity index (χ3v) is 11.9. The maximum atomic E-state index is 13.2. The minimum absolute atomic E-state index is 0.0922. The molecule has 0 amide bonds. The minimum Gasteiger partial charge on any atom is -0.379 e. The van der Waals surface area contributed by atoms with E-state index in [2.05, 4.69) is 82.8 Å². The molecule has 0 saturated heterocycles. The molecule has 2 aliphatic heterocycles. The molecule has 8 bridgehead atoms. The van der Waals surface area contributed by atoms with E-state index in [1.54, 1.807) is 36.4 Å². The first kappa shape index (κ1) is 35.8. The van der Waals surface area contributed by atoms with Crippen LogP contribution in [0.2, 0.25) is 0 Å². The number of rotatable bonds is 7. The summed E-state index contributed by atoms with van der Waals surface area (Å²) in [6.45, 7) is 1.91. The van der Waals surface area contributed by atoms with Gasteiger partial charge in [0.05, 0.1) is 22.8 Å². The normalized spacial score (nSPS) is 12.2. The zero-order valence-electron chi connectivity index (χ0n) is 31.9. The van der Waals surface area contributed by atoms with E-state index in [1.807, 2.05) is 85.8 Å². The van der Waals surface area contributed by atoms with Gasteiger partial charge < -0.3 is 14.2 Å². The molecule has 3 aromatic heterocycles. The smallest absolute Gasteiger partial charge is 0.339 e. The van der Waals surface area contributed by atoms with Crippen LogP contribution in [-0.4, -0.2) is 28.4 Å². The highest BCUT2D eigenvalue weighted by Gasteiger charge is 2.21. The minimum atomic E-state index is -4.04. The number of aromatic nitrogens is 4. The highest BCUT2D eigenvalue weighted by atomic mass is 32.2. The first-order valence-electron chi connectivity index (χ1n) is 19.3. The number of hydrogen-bond donors (Lipinski definition) is 2. The van der Waals surface area contributed by atoms with Crippen molar-refractivity contribution in [2.24, 2.45) is 0 Å². The van der Waals surface area contributed by atoms with E-state index in [4.69, 9.17) is 14.2 Å². The van der Waals surface area contributed by atoms with Gasteiger partial charge in [0.25, 0.3) is 0 Å². The average Bonchev–Trinajstić information content (AvgIpc) is 4.11. The van der Waals surface area contributed by atoms with Crippen LogP contribution >= 0.6 is 0 Å². The van der Waals surface area contributed by atoms with Crippen LogP contribution in [0.15, 0.2) is 169 Å². The van der Waals surface area contributed by atoms with Crippen LogP contribution in [0.25, 0.3) is 90.9 Å². The van der Waals surface area contributed by atoms with Gasteiger partial charge in [-0.2, -0.15) is 8.42 Å². The van der Waals surface area contributed by atoms with Crippen molar-refractivity contribution in [3.63, 3.8) is 0 Å². The van der Waals surface area contributed by atoms with Crippen molar-refractivity contribution in [1.29, 1.82) is 0 Å². The highest BCUT2D eigenvalue weighted by Crippen LogP contribution is 2.39. The summed E-state index contributed by atoms with van der Waals surface area (Å²) in [6, 6.07) is 53.2. The summed E-state index contributed by atoms with van der Waals surface area (Å²) in [4.78, 5) is 18.4. The topological polar surface area (TPSA) is 101 Å². The monoisotopic (exact) mass is 784 g/mol. The van der Waals surface area contributed by atoms with E-state index < -0.39 is 10.1 Å². The Morgan fingerprint density at radius 3 is 1.22 bits per heavy atom. The molecule has 0 radical (unpaired) electrons. The lowest BCUT2D eigenvalue weighted by Crippen LogP contribution is -2.09. The fraction of sp³-hybridized carbons (Fsp3) is 0.0196. The van der Waals surface area contributed by atoms with Crippen LogP contribution in [0, 0.1) is 6.92 Å². The van der Waals surface area contributed by atoms with Gasteiger partial charge in [-0.05, 0) is 102 Å². The molecule has 0 saturated carbocycles. The summed E-state index contributed by atoms with van der Waals surface area (Å²) in [5.74, 6) is 0.201. The number of aryl methyl sites for hydroxylation is 1. The predicted octanol–water partition coefficient (Wildman–Crippen LogP) is 12.4. The molecule has 2 aliphatic rings. The van der Waals surface area contributed by atoms with Crippen molar-refractivity contribution < 1.29 is 12.6 Å². The van der Waals surface area contributed by atoms with Gasteiger partial charge in [-0.25, -0.2) is 9.97 Å². The van der Waals surface area contributed by atoms with Crippen LogP contribution in [-0.2, 0) is 10.1 Å². The zero-order chi connectivity index (χ0) is 39.9. The lowest BCUT2D eigenvalue weighted by Gasteiger charge is -2.09. The van der Waals surface area contributed by atoms with Gasteiger partial charge in [0.2, 0.25) is 0 Å². The summed E-state index contributed by atoms with van der Waals surface area (Å²) in [5, 5.41) is 0. The molecular weight excluding hydrogens is 749 g/mol. The molecule has 0 fully saturated rings. The van der Waals surface area contributed by atoms with Crippen LogP contribution in [0.5, 0.6) is 5.75 Å². The molecule has 2 N–H and O–H groups in total. The Hall–Kier alpha value is -7.55. The van der Waals surface area contributed by atoms with E-state index in [-0.39, 0.29) is 10.6 Å². The van der Waals surface area contributed by atoms with Gasteiger partial charge in [0.15, 0.2) is 0 Å². The molecule has 59 heavy (non-hydrogen) atoms. The van der Waals surface area contributed by atoms with Crippen molar-refractivity contribution in [2.45, 2.75) is 11.8 Å². The number of H-pyrrole nitrogens is 2. The number of nitrogens with zero attached hydrogens (tertiary/aromatic N) is 2. The second-order valence-corrected chi connectivity index (χ2v) is 16.0. The van der Waals surface area contributed by atoms with Crippen molar-refractivity contribution in [3.8, 4) is 50.3 Å². The number of hydrogen-bond acceptors (Lipinski definition) is 5. The lowest BCUT2D eigenvalue weighted by atomic mass is 10.0. The number of fused-ring (bicyclic) bond motifs is 8. The maximum Gasteiger partial charge on any atom is 0.339 e. The summed E-state index contributed by atoms with van der Waals surface area (Å²) < 4.78 is 32.0. The van der Waals surface area contributed by atoms with Gasteiger partial charge in [0, 0.05) is 44.3 Å². The number of aromatic amines is 2. The quantitative estimate of drug-likeness (QED) is 0.157. The first-order valence-corrected chi connectivity index (χ1v) is 20.7. The van der Waals surface area contributed by atoms with Gasteiger partial charge >= 0.3 is 10.1 Å². The van der Waals surface area contributed by atoms with Crippen molar-refractivity contribution >= 4 is 56.5 Å². The number of nitrogens with one attached hydrogen (secondary N) is 2. The summed E-state index contributed by atoms with van der Waals surface area (Å²) in [7, 11) is -4.04. The maximum absolute atomic E-state index is 13.2. The van der Waals surface area contributed by atoms with E-state index in [1.165, 1.54) is 0 Å². The molecule has 8 aromatic rings. The van der Waals surface area contributed by atoms with Crippen LogP contribution in [0.1, 0.15) is 28.3 Å². The van der Waals surface area contributed by atoms with Crippen LogP contribution in [0.4, 0.5) is 0 Å². The van der Waals surface area contributed by atoms with E-state index >= 15 is 0 Å². The Kier molecular flexibility index (Phi) is 8.96. The fourth-order valence-corrected chi connectivity index (χ4v) is 8.72. The standard InChI is InChI=1S/C51H36N4O3S/c1-33-17-23-39(24-18-33)59(56,57)58-38-21-19-37(20-22-38)51-46-31-29-44(54-46)49(35-13-7-3-8-14-35)42-27-25-40(52-42)48(34-11-5-2-6-12-34)41-26-28-43(53-41)50(36-15-9-4-10-16-36)45-30-32-47(51)55-45/h2-32,52-53H,1H3. The molecule has 8 heteroatoms. The van der Waals surface area contributed by atoms with Gasteiger partial charge in [0.1, 0.15) is 10.6 Å². The third kappa shape index (κ3) is 6.85. The van der Waals surface area contributed by atoms with E-state index in [9.17, 15) is 8.42 Å². The molecule has 0 aliphatic carbocycles. The zero-order valence-corrected chi connectivity index (χ0v) is 32.7. The SMILES string of the molecule is Cc1ccc(S(=O)(=O)Oc2ccc(-c3c4nc(c(-c5ccccc5)c5ccc([nH]5)c(-c5ccccc5)c5ccc([nH]5)c(-c5ccccc5)c5nc3C=C5)C=C4)cc2)cc1. The van der Waals surface area contributed by atoms with Gasteiger partial charge in [-0.1, -0.05) is 121 Å². The summed E-state index contributed by atoms with van der Waals surface area (Å²) in [6.07, 6.45) is 8.14. The first-order chi connectivity index (χ1) is 28.9. The molecule has 284 valence electrons. The lowest BCUT2D eigenvalue weighted by molar-refractivity contribution is 0.486.